The average Bonchev–Trinajstić information content (AvgIpc) is 3.06. The predicted octanol–water partition coefficient (Wildman–Crippen LogP) is 2.85. The van der Waals surface area contributed by atoms with Crippen molar-refractivity contribution in [2.75, 3.05) is 13.1 Å². The molecule has 2 aromatic carbocycles. The molecule has 1 fully saturated rings. The molecule has 1 aliphatic rings. The number of imidazole rings is 1. The van der Waals surface area contributed by atoms with Crippen LogP contribution >= 0.6 is 0 Å². The minimum atomic E-state index is -0.945. The molecule has 3 aromatic rings. The van der Waals surface area contributed by atoms with Crippen molar-refractivity contribution in [2.45, 2.75) is 18.9 Å². The third-order valence-electron chi connectivity index (χ3n) is 4.46. The molecule has 2 N–H and O–H groups in total. The first kappa shape index (κ1) is 15.7. The topological polar surface area (TPSA) is 76.4 Å². The summed E-state index contributed by atoms with van der Waals surface area (Å²) in [4.78, 5) is 15.5. The number of hydrogen-bond acceptors (Lipinski definition) is 4. The third kappa shape index (κ3) is 3.21. The van der Waals surface area contributed by atoms with Crippen molar-refractivity contribution >= 4 is 17.0 Å². The lowest BCUT2D eigenvalue weighted by Gasteiger charge is -2.24. The summed E-state index contributed by atoms with van der Waals surface area (Å²) in [7, 11) is 0. The third-order valence-corrected chi connectivity index (χ3v) is 4.46. The SMILES string of the molecule is O=C(O)c1ccc2ncn(-c3ccc(OC4CCCNC4)cc3)c2c1. The number of ether oxygens (including phenoxy) is 1. The fourth-order valence-corrected chi connectivity index (χ4v) is 3.14. The number of nitrogens with zero attached hydrogens (tertiary/aromatic N) is 2. The monoisotopic (exact) mass is 337 g/mol. The van der Waals surface area contributed by atoms with Gasteiger partial charge in [0.05, 0.1) is 16.6 Å². The van der Waals surface area contributed by atoms with E-state index in [0.29, 0.717) is 0 Å². The largest absolute Gasteiger partial charge is 0.489 e. The van der Waals surface area contributed by atoms with Gasteiger partial charge >= 0.3 is 5.97 Å². The molecule has 6 nitrogen and oxygen atoms in total. The molecule has 2 heterocycles. The van der Waals surface area contributed by atoms with E-state index in [0.717, 1.165) is 48.4 Å². The number of piperidine rings is 1. The molecule has 4 rings (SSSR count). The second kappa shape index (κ2) is 6.57. The number of aromatic carboxylic acids is 1. The first-order valence-corrected chi connectivity index (χ1v) is 8.39. The highest BCUT2D eigenvalue weighted by Gasteiger charge is 2.14. The summed E-state index contributed by atoms with van der Waals surface area (Å²) in [5.41, 5.74) is 2.70. The van der Waals surface area contributed by atoms with Crippen molar-refractivity contribution in [3.05, 3.63) is 54.4 Å². The van der Waals surface area contributed by atoms with Gasteiger partial charge in [0.25, 0.3) is 0 Å². The number of carbonyl (C=O) groups is 1. The molecule has 0 radical (unpaired) electrons. The molecule has 6 heteroatoms. The number of nitrogens with one attached hydrogen (secondary N) is 1. The van der Waals surface area contributed by atoms with Gasteiger partial charge in [-0.25, -0.2) is 9.78 Å². The van der Waals surface area contributed by atoms with Gasteiger partial charge in [0.1, 0.15) is 18.2 Å². The van der Waals surface area contributed by atoms with Crippen LogP contribution in [0.5, 0.6) is 5.75 Å². The quantitative estimate of drug-likeness (QED) is 0.765. The summed E-state index contributed by atoms with van der Waals surface area (Å²) >= 11 is 0. The molecule has 25 heavy (non-hydrogen) atoms. The molecule has 0 bridgehead atoms. The Labute approximate surface area is 145 Å². The van der Waals surface area contributed by atoms with E-state index >= 15 is 0 Å². The standard InChI is InChI=1S/C19H19N3O3/c23-19(24)13-3-8-17-18(10-13)22(12-21-17)14-4-6-15(7-5-14)25-16-2-1-9-20-11-16/h3-8,10,12,16,20H,1-2,9,11H2,(H,23,24). The van der Waals surface area contributed by atoms with E-state index in [2.05, 4.69) is 10.3 Å². The molecule has 1 unspecified atom stereocenters. The Hall–Kier alpha value is -2.86. The Bertz CT molecular complexity index is 896. The lowest BCUT2D eigenvalue weighted by molar-refractivity contribution is 0.0697. The summed E-state index contributed by atoms with van der Waals surface area (Å²) in [5.74, 6) is -0.104. The molecule has 0 saturated carbocycles. The van der Waals surface area contributed by atoms with Crippen molar-refractivity contribution in [3.8, 4) is 11.4 Å². The lowest BCUT2D eigenvalue weighted by atomic mass is 10.1. The maximum absolute atomic E-state index is 11.2. The van der Waals surface area contributed by atoms with E-state index in [1.807, 2.05) is 28.8 Å². The summed E-state index contributed by atoms with van der Waals surface area (Å²) in [5, 5.41) is 12.5. The van der Waals surface area contributed by atoms with Crippen LogP contribution in [0, 0.1) is 0 Å². The highest BCUT2D eigenvalue weighted by atomic mass is 16.5. The van der Waals surface area contributed by atoms with Crippen molar-refractivity contribution in [3.63, 3.8) is 0 Å². The van der Waals surface area contributed by atoms with Crippen LogP contribution in [-0.2, 0) is 0 Å². The fourth-order valence-electron chi connectivity index (χ4n) is 3.14. The number of aromatic nitrogens is 2. The molecule has 128 valence electrons. The molecule has 0 amide bonds. The van der Waals surface area contributed by atoms with Gasteiger partial charge < -0.3 is 15.2 Å². The Kier molecular flexibility index (Phi) is 4.11. The fraction of sp³-hybridized carbons (Fsp3) is 0.263. The molecule has 0 aliphatic carbocycles. The molecular formula is C19H19N3O3. The normalized spacial score (nSPS) is 17.5. The Morgan fingerprint density at radius 2 is 2.08 bits per heavy atom. The van der Waals surface area contributed by atoms with Crippen molar-refractivity contribution in [2.24, 2.45) is 0 Å². The average molecular weight is 337 g/mol. The van der Waals surface area contributed by atoms with Gasteiger partial charge in [0.15, 0.2) is 0 Å². The second-order valence-corrected chi connectivity index (χ2v) is 6.20. The van der Waals surface area contributed by atoms with Gasteiger partial charge in [-0.15, -0.1) is 0 Å². The minimum Gasteiger partial charge on any atom is -0.489 e. The molecular weight excluding hydrogens is 318 g/mol. The first-order valence-electron chi connectivity index (χ1n) is 8.39. The van der Waals surface area contributed by atoms with Crippen molar-refractivity contribution in [1.29, 1.82) is 0 Å². The Balaban J connectivity index is 1.60. The van der Waals surface area contributed by atoms with Crippen molar-refractivity contribution < 1.29 is 14.6 Å². The van der Waals surface area contributed by atoms with Gasteiger partial charge in [-0.2, -0.15) is 0 Å². The van der Waals surface area contributed by atoms with E-state index in [4.69, 9.17) is 4.74 Å². The van der Waals surface area contributed by atoms with Crippen LogP contribution in [0.15, 0.2) is 48.8 Å². The minimum absolute atomic E-state index is 0.215. The van der Waals surface area contributed by atoms with E-state index < -0.39 is 5.97 Å². The number of rotatable bonds is 4. The Morgan fingerprint density at radius 3 is 2.80 bits per heavy atom. The van der Waals surface area contributed by atoms with Crippen LogP contribution in [0.2, 0.25) is 0 Å². The number of carboxylic acid groups (broad SMARTS) is 1. The summed E-state index contributed by atoms with van der Waals surface area (Å²) < 4.78 is 7.88. The predicted molar refractivity (Wildman–Crippen MR) is 94.5 cm³/mol. The maximum atomic E-state index is 11.2. The summed E-state index contributed by atoms with van der Waals surface area (Å²) in [6, 6.07) is 12.7. The van der Waals surface area contributed by atoms with E-state index in [1.54, 1.807) is 24.5 Å². The summed E-state index contributed by atoms with van der Waals surface area (Å²) in [6.45, 7) is 1.94. The number of fused-ring (bicyclic) bond motifs is 1. The number of benzene rings is 2. The van der Waals surface area contributed by atoms with Crippen LogP contribution < -0.4 is 10.1 Å². The zero-order chi connectivity index (χ0) is 17.2. The molecule has 1 atom stereocenters. The highest BCUT2D eigenvalue weighted by molar-refractivity contribution is 5.92. The number of hydrogen-bond donors (Lipinski definition) is 2. The number of carboxylic acids is 1. The van der Waals surface area contributed by atoms with Gasteiger partial charge in [-0.3, -0.25) is 4.57 Å². The van der Waals surface area contributed by atoms with Gasteiger partial charge in [-0.1, -0.05) is 0 Å². The van der Waals surface area contributed by atoms with Crippen LogP contribution in [0.25, 0.3) is 16.7 Å². The van der Waals surface area contributed by atoms with Crippen LogP contribution in [0.3, 0.4) is 0 Å². The second-order valence-electron chi connectivity index (χ2n) is 6.20. The van der Waals surface area contributed by atoms with Gasteiger partial charge in [-0.05, 0) is 61.9 Å². The molecule has 1 saturated heterocycles. The highest BCUT2D eigenvalue weighted by Crippen LogP contribution is 2.23. The maximum Gasteiger partial charge on any atom is 0.335 e. The smallest absolute Gasteiger partial charge is 0.335 e. The molecule has 0 spiro atoms. The van der Waals surface area contributed by atoms with E-state index in [-0.39, 0.29) is 11.7 Å². The zero-order valence-electron chi connectivity index (χ0n) is 13.7. The van der Waals surface area contributed by atoms with Gasteiger partial charge in [0, 0.05) is 12.2 Å². The van der Waals surface area contributed by atoms with Crippen LogP contribution in [0.4, 0.5) is 0 Å². The Morgan fingerprint density at radius 1 is 1.24 bits per heavy atom. The van der Waals surface area contributed by atoms with Crippen molar-refractivity contribution in [1.82, 2.24) is 14.9 Å². The molecule has 1 aromatic heterocycles. The summed E-state index contributed by atoms with van der Waals surface area (Å²) in [6.07, 6.45) is 4.12. The van der Waals surface area contributed by atoms with E-state index in [9.17, 15) is 9.90 Å². The molecule has 1 aliphatic heterocycles. The lowest BCUT2D eigenvalue weighted by Crippen LogP contribution is -2.37. The van der Waals surface area contributed by atoms with Crippen LogP contribution in [-0.4, -0.2) is 39.8 Å². The van der Waals surface area contributed by atoms with Gasteiger partial charge in [0.2, 0.25) is 0 Å². The van der Waals surface area contributed by atoms with E-state index in [1.165, 1.54) is 0 Å². The van der Waals surface area contributed by atoms with Crippen LogP contribution in [0.1, 0.15) is 23.2 Å². The zero-order valence-corrected chi connectivity index (χ0v) is 13.7. The first-order chi connectivity index (χ1) is 12.2.